The first-order valence-electron chi connectivity index (χ1n) is 8.62. The van der Waals surface area contributed by atoms with Gasteiger partial charge in [-0.25, -0.2) is 26.1 Å². The highest BCUT2D eigenvalue weighted by Gasteiger charge is 2.44. The Morgan fingerprint density at radius 3 is 2.67 bits per heavy atom. The maximum absolute atomic E-state index is 12.8. The zero-order valence-corrected chi connectivity index (χ0v) is 16.3. The van der Waals surface area contributed by atoms with Gasteiger partial charge in [0.05, 0.1) is 46.1 Å². The third kappa shape index (κ3) is 3.58. The first-order chi connectivity index (χ1) is 12.7. The molecule has 9 nitrogen and oxygen atoms in total. The number of nitrogens with one attached hydrogen (secondary N) is 2. The number of carbonyl (C=O) groups excluding carboxylic acids is 1. The molecule has 2 atom stereocenters. The van der Waals surface area contributed by atoms with Crippen molar-refractivity contribution in [2.75, 3.05) is 11.5 Å². The zero-order valence-electron chi connectivity index (χ0n) is 14.6. The molecule has 1 aliphatic carbocycles. The van der Waals surface area contributed by atoms with E-state index in [1.54, 1.807) is 10.7 Å². The Hall–Kier alpha value is -1.98. The number of rotatable bonds is 5. The second-order valence-electron chi connectivity index (χ2n) is 7.17. The van der Waals surface area contributed by atoms with E-state index >= 15 is 0 Å². The number of aromatic nitrogens is 2. The van der Waals surface area contributed by atoms with E-state index in [0.717, 1.165) is 5.56 Å². The topological polar surface area (TPSA) is 127 Å². The molecule has 0 aromatic carbocycles. The van der Waals surface area contributed by atoms with Crippen molar-refractivity contribution in [2.45, 2.75) is 37.1 Å². The molecule has 1 saturated carbocycles. The Balaban J connectivity index is 1.58. The molecular weight excluding hydrogens is 392 g/mol. The van der Waals surface area contributed by atoms with Crippen LogP contribution in [0.1, 0.15) is 28.8 Å². The Morgan fingerprint density at radius 2 is 1.96 bits per heavy atom. The summed E-state index contributed by atoms with van der Waals surface area (Å²) in [6.45, 7) is 1.85. The van der Waals surface area contributed by atoms with E-state index in [1.807, 2.05) is 19.1 Å². The molecule has 3 heterocycles. The van der Waals surface area contributed by atoms with Gasteiger partial charge in [0.15, 0.2) is 9.84 Å². The fourth-order valence-corrected chi connectivity index (χ4v) is 7.01. The van der Waals surface area contributed by atoms with E-state index in [-0.39, 0.29) is 11.5 Å². The van der Waals surface area contributed by atoms with E-state index in [1.165, 1.54) is 6.20 Å². The maximum Gasteiger partial charge on any atom is 0.255 e. The molecule has 0 unspecified atom stereocenters. The van der Waals surface area contributed by atoms with Gasteiger partial charge in [0, 0.05) is 6.20 Å². The summed E-state index contributed by atoms with van der Waals surface area (Å²) in [5, 5.41) is 6.37. The molecule has 1 amide bonds. The number of hydrogen-bond donors (Lipinski definition) is 2. The molecule has 2 fully saturated rings. The fourth-order valence-electron chi connectivity index (χ4n) is 3.42. The number of nitrogens with zero attached hydrogens (tertiary/aromatic N) is 2. The van der Waals surface area contributed by atoms with Crippen LogP contribution in [0.3, 0.4) is 0 Å². The van der Waals surface area contributed by atoms with Gasteiger partial charge in [-0.15, -0.1) is 0 Å². The molecular formula is C16H20N4O5S2. The van der Waals surface area contributed by atoms with Gasteiger partial charge in [0.2, 0.25) is 10.0 Å². The van der Waals surface area contributed by atoms with Crippen molar-refractivity contribution in [1.82, 2.24) is 19.7 Å². The smallest absolute Gasteiger partial charge is 0.255 e. The molecule has 4 rings (SSSR count). The van der Waals surface area contributed by atoms with E-state index in [2.05, 4.69) is 15.1 Å². The van der Waals surface area contributed by atoms with Crippen LogP contribution in [0.5, 0.6) is 0 Å². The van der Waals surface area contributed by atoms with Crippen molar-refractivity contribution in [3.63, 3.8) is 0 Å². The summed E-state index contributed by atoms with van der Waals surface area (Å²) in [6.07, 6.45) is 4.29. The van der Waals surface area contributed by atoms with Crippen molar-refractivity contribution < 1.29 is 21.6 Å². The first-order valence-corrected chi connectivity index (χ1v) is 12.0. The number of amides is 1. The molecule has 11 heteroatoms. The maximum atomic E-state index is 12.8. The van der Waals surface area contributed by atoms with Gasteiger partial charge in [-0.1, -0.05) is 6.07 Å². The minimum Gasteiger partial charge on any atom is -0.347 e. The molecule has 2 aromatic rings. The quantitative estimate of drug-likeness (QED) is 0.689. The lowest BCUT2D eigenvalue weighted by Gasteiger charge is -2.20. The van der Waals surface area contributed by atoms with Gasteiger partial charge in [-0.05, 0) is 31.4 Å². The summed E-state index contributed by atoms with van der Waals surface area (Å²) in [5.41, 5.74) is 1.80. The van der Waals surface area contributed by atoms with Gasteiger partial charge in [0.1, 0.15) is 0 Å². The summed E-state index contributed by atoms with van der Waals surface area (Å²) >= 11 is 0. The van der Waals surface area contributed by atoms with Gasteiger partial charge in [-0.2, -0.15) is 5.10 Å². The number of hydrogen-bond acceptors (Lipinski definition) is 6. The van der Waals surface area contributed by atoms with Crippen LogP contribution in [0.2, 0.25) is 0 Å². The number of pyridine rings is 1. The Morgan fingerprint density at radius 1 is 1.26 bits per heavy atom. The van der Waals surface area contributed by atoms with E-state index in [0.29, 0.717) is 23.9 Å². The second kappa shape index (κ2) is 6.28. The second-order valence-corrected chi connectivity index (χ2v) is 11.3. The predicted molar refractivity (Wildman–Crippen MR) is 98.7 cm³/mol. The number of sulfone groups is 1. The predicted octanol–water partition coefficient (Wildman–Crippen LogP) is -0.380. The fraction of sp³-hybridized carbons (Fsp3) is 0.500. The van der Waals surface area contributed by atoms with Crippen LogP contribution in [0.15, 0.2) is 24.5 Å². The summed E-state index contributed by atoms with van der Waals surface area (Å²) in [7, 11) is -7.02. The number of carbonyl (C=O) groups is 1. The average molecular weight is 412 g/mol. The lowest BCUT2D eigenvalue weighted by molar-refractivity contribution is 0.0938. The molecule has 27 heavy (non-hydrogen) atoms. The van der Waals surface area contributed by atoms with E-state index in [9.17, 15) is 21.6 Å². The monoisotopic (exact) mass is 412 g/mol. The van der Waals surface area contributed by atoms with Crippen LogP contribution in [0, 0.1) is 6.92 Å². The standard InChI is InChI=1S/C16H20N4O5S2/c1-10-3-2-6-20-15(10)12(7-17-20)16(21)18-13-8-26(22,23)9-14(13)19-27(24,25)11-4-5-11/h2-3,6-7,11,13-14,19H,4-5,8-9H2,1H3,(H,18,21)/t13-,14+/m0/s1. The van der Waals surface area contributed by atoms with E-state index in [4.69, 9.17) is 0 Å². The van der Waals surface area contributed by atoms with Crippen LogP contribution in [-0.4, -0.2) is 61.2 Å². The third-order valence-electron chi connectivity index (χ3n) is 4.94. The molecule has 0 spiro atoms. The highest BCUT2D eigenvalue weighted by Crippen LogP contribution is 2.28. The van der Waals surface area contributed by atoms with E-state index < -0.39 is 43.1 Å². The van der Waals surface area contributed by atoms with Crippen molar-refractivity contribution in [1.29, 1.82) is 0 Å². The number of fused-ring (bicyclic) bond motifs is 1. The molecule has 146 valence electrons. The number of sulfonamides is 1. The van der Waals surface area contributed by atoms with Gasteiger partial charge in [0.25, 0.3) is 5.91 Å². The summed E-state index contributed by atoms with van der Waals surface area (Å²) in [4.78, 5) is 12.8. The molecule has 1 aliphatic heterocycles. The van der Waals surface area contributed by atoms with Crippen molar-refractivity contribution in [2.24, 2.45) is 0 Å². The SMILES string of the molecule is Cc1cccn2ncc(C(=O)N[C@H]3CS(=O)(=O)C[C@H]3NS(=O)(=O)C3CC3)c12. The first kappa shape index (κ1) is 18.4. The van der Waals surface area contributed by atoms with Crippen LogP contribution < -0.4 is 10.0 Å². The summed E-state index contributed by atoms with van der Waals surface area (Å²) in [5.74, 6) is -1.09. The Bertz CT molecular complexity index is 1120. The molecule has 2 N–H and O–H groups in total. The van der Waals surface area contributed by atoms with Crippen LogP contribution in [-0.2, 0) is 19.9 Å². The molecule has 0 radical (unpaired) electrons. The molecule has 2 aliphatic rings. The van der Waals surface area contributed by atoms with Crippen LogP contribution in [0.25, 0.3) is 5.52 Å². The minimum absolute atomic E-state index is 0.297. The largest absolute Gasteiger partial charge is 0.347 e. The normalized spacial score (nSPS) is 24.9. The number of aryl methyl sites for hydroxylation is 1. The summed E-state index contributed by atoms with van der Waals surface area (Å²) < 4.78 is 52.6. The van der Waals surface area contributed by atoms with Crippen molar-refractivity contribution in [3.8, 4) is 0 Å². The lowest BCUT2D eigenvalue weighted by atomic mass is 10.1. The van der Waals surface area contributed by atoms with Gasteiger partial charge >= 0.3 is 0 Å². The minimum atomic E-state index is -3.57. The van der Waals surface area contributed by atoms with Crippen LogP contribution >= 0.6 is 0 Å². The Labute approximate surface area is 157 Å². The van der Waals surface area contributed by atoms with Crippen molar-refractivity contribution in [3.05, 3.63) is 35.7 Å². The lowest BCUT2D eigenvalue weighted by Crippen LogP contribution is -2.51. The third-order valence-corrected chi connectivity index (χ3v) is 8.65. The highest BCUT2D eigenvalue weighted by atomic mass is 32.2. The van der Waals surface area contributed by atoms with Gasteiger partial charge < -0.3 is 5.32 Å². The molecule has 2 aromatic heterocycles. The summed E-state index contributed by atoms with van der Waals surface area (Å²) in [6, 6.07) is 1.96. The molecule has 0 bridgehead atoms. The average Bonchev–Trinajstić information content (AvgIpc) is 3.28. The highest BCUT2D eigenvalue weighted by molar-refractivity contribution is 7.92. The van der Waals surface area contributed by atoms with Gasteiger partial charge in [-0.3, -0.25) is 4.79 Å². The zero-order chi connectivity index (χ0) is 19.4. The Kier molecular flexibility index (Phi) is 4.28. The molecule has 1 saturated heterocycles. The van der Waals surface area contributed by atoms with Crippen LogP contribution in [0.4, 0.5) is 0 Å². The van der Waals surface area contributed by atoms with Crippen molar-refractivity contribution >= 4 is 31.3 Å².